The number of aryl methyl sites for hydroxylation is 1. The molecule has 0 bridgehead atoms. The zero-order valence-corrected chi connectivity index (χ0v) is 10.5. The maximum Gasteiger partial charge on any atom is 0.267 e. The normalized spacial score (nSPS) is 21.3. The van der Waals surface area contributed by atoms with Crippen molar-refractivity contribution in [2.45, 2.75) is 19.9 Å². The zero-order valence-electron chi connectivity index (χ0n) is 10.5. The molecule has 0 aliphatic carbocycles. The first-order chi connectivity index (χ1) is 8.56. The molecule has 0 spiro atoms. The number of rotatable bonds is 2. The fraction of sp³-hybridized carbons (Fsp3) is 0.286. The van der Waals surface area contributed by atoms with Crippen LogP contribution in [0, 0.1) is 6.92 Å². The Morgan fingerprint density at radius 1 is 1.33 bits per heavy atom. The third kappa shape index (κ3) is 2.77. The smallest absolute Gasteiger partial charge is 0.267 e. The van der Waals surface area contributed by atoms with E-state index in [1.807, 2.05) is 26.0 Å². The van der Waals surface area contributed by atoms with Crippen LogP contribution in [0.1, 0.15) is 22.8 Å². The van der Waals surface area contributed by atoms with Crippen molar-refractivity contribution in [1.29, 1.82) is 0 Å². The molecule has 1 fully saturated rings. The molecule has 1 aliphatic heterocycles. The molecule has 2 rings (SSSR count). The number of allylic oxidation sites excluding steroid dienone is 1. The minimum atomic E-state index is -0.228. The molecule has 94 valence electrons. The summed E-state index contributed by atoms with van der Waals surface area (Å²) >= 11 is 0. The molecule has 1 aromatic carbocycles. The quantitative estimate of drug-likeness (QED) is 0.606. The number of benzene rings is 1. The number of hydrogen-bond donors (Lipinski definition) is 2. The van der Waals surface area contributed by atoms with Gasteiger partial charge in [0, 0.05) is 24.2 Å². The van der Waals surface area contributed by atoms with Crippen LogP contribution in [-0.2, 0) is 4.79 Å². The lowest BCUT2D eigenvalue weighted by Crippen LogP contribution is -2.49. The number of hydrogen-bond acceptors (Lipinski definition) is 3. The number of piperazine rings is 1. The standard InChI is InChI=1S/C14H16N2O2/c1-9-3-5-11(6-4-9)13(17)7-12-14(18)16-10(2)8-15-12/h3-7,10,15H,8H2,1-2H3,(H,16,18)/b12-7-/t10-/m1/s1. The first-order valence-electron chi connectivity index (χ1n) is 5.93. The first kappa shape index (κ1) is 12.4. The summed E-state index contributed by atoms with van der Waals surface area (Å²) in [6.07, 6.45) is 1.35. The van der Waals surface area contributed by atoms with E-state index >= 15 is 0 Å². The molecule has 1 heterocycles. The predicted molar refractivity (Wildman–Crippen MR) is 69.2 cm³/mol. The molecule has 0 unspecified atom stereocenters. The second-order valence-electron chi connectivity index (χ2n) is 4.54. The molecule has 1 aliphatic rings. The van der Waals surface area contributed by atoms with E-state index in [1.54, 1.807) is 12.1 Å². The van der Waals surface area contributed by atoms with Gasteiger partial charge in [0.05, 0.1) is 0 Å². The molecule has 2 N–H and O–H groups in total. The van der Waals surface area contributed by atoms with Crippen molar-refractivity contribution in [2.75, 3.05) is 6.54 Å². The summed E-state index contributed by atoms with van der Waals surface area (Å²) < 4.78 is 0. The van der Waals surface area contributed by atoms with E-state index in [-0.39, 0.29) is 17.7 Å². The fourth-order valence-electron chi connectivity index (χ4n) is 1.74. The van der Waals surface area contributed by atoms with E-state index in [0.29, 0.717) is 17.8 Å². The van der Waals surface area contributed by atoms with Gasteiger partial charge >= 0.3 is 0 Å². The molecule has 1 saturated heterocycles. The van der Waals surface area contributed by atoms with Gasteiger partial charge in [0.1, 0.15) is 5.70 Å². The van der Waals surface area contributed by atoms with Crippen LogP contribution >= 0.6 is 0 Å². The average Bonchev–Trinajstić information content (AvgIpc) is 2.33. The van der Waals surface area contributed by atoms with Crippen molar-refractivity contribution < 1.29 is 9.59 Å². The molecule has 4 nitrogen and oxygen atoms in total. The van der Waals surface area contributed by atoms with E-state index in [4.69, 9.17) is 0 Å². The van der Waals surface area contributed by atoms with Crippen molar-refractivity contribution in [1.82, 2.24) is 10.6 Å². The highest BCUT2D eigenvalue weighted by atomic mass is 16.2. The Hall–Kier alpha value is -2.10. The van der Waals surface area contributed by atoms with Crippen LogP contribution in [0.4, 0.5) is 0 Å². The van der Waals surface area contributed by atoms with Crippen molar-refractivity contribution in [2.24, 2.45) is 0 Å². The SMILES string of the molecule is Cc1ccc(C(=O)/C=C2\NC[C@@H](C)NC2=O)cc1. The number of ketones is 1. The third-order valence-electron chi connectivity index (χ3n) is 2.83. The Morgan fingerprint density at radius 3 is 2.61 bits per heavy atom. The van der Waals surface area contributed by atoms with Crippen LogP contribution in [-0.4, -0.2) is 24.3 Å². The van der Waals surface area contributed by atoms with Gasteiger partial charge in [-0.25, -0.2) is 0 Å². The molecule has 0 saturated carbocycles. The Kier molecular flexibility index (Phi) is 3.46. The summed E-state index contributed by atoms with van der Waals surface area (Å²) in [5.74, 6) is -0.392. The van der Waals surface area contributed by atoms with Gasteiger partial charge < -0.3 is 10.6 Å². The maximum atomic E-state index is 12.0. The molecule has 1 atom stereocenters. The minimum absolute atomic E-state index is 0.0872. The van der Waals surface area contributed by atoms with E-state index in [9.17, 15) is 9.59 Å². The van der Waals surface area contributed by atoms with Crippen molar-refractivity contribution in [3.63, 3.8) is 0 Å². The topological polar surface area (TPSA) is 58.2 Å². The van der Waals surface area contributed by atoms with Crippen molar-refractivity contribution >= 4 is 11.7 Å². The van der Waals surface area contributed by atoms with Gasteiger partial charge in [-0.2, -0.15) is 0 Å². The molecular formula is C14H16N2O2. The fourth-order valence-corrected chi connectivity index (χ4v) is 1.74. The second-order valence-corrected chi connectivity index (χ2v) is 4.54. The molecule has 4 heteroatoms. The van der Waals surface area contributed by atoms with Crippen LogP contribution < -0.4 is 10.6 Å². The number of amides is 1. The Balaban J connectivity index is 2.15. The molecule has 1 amide bonds. The maximum absolute atomic E-state index is 12.0. The van der Waals surface area contributed by atoms with Gasteiger partial charge in [0.2, 0.25) is 0 Å². The molecule has 0 radical (unpaired) electrons. The molecule has 18 heavy (non-hydrogen) atoms. The lowest BCUT2D eigenvalue weighted by atomic mass is 10.1. The summed E-state index contributed by atoms with van der Waals surface area (Å²) in [7, 11) is 0. The van der Waals surface area contributed by atoms with Crippen LogP contribution in [0.3, 0.4) is 0 Å². The molecular weight excluding hydrogens is 228 g/mol. The van der Waals surface area contributed by atoms with Crippen LogP contribution in [0.5, 0.6) is 0 Å². The van der Waals surface area contributed by atoms with Crippen LogP contribution in [0.2, 0.25) is 0 Å². The zero-order chi connectivity index (χ0) is 13.1. The molecule has 1 aromatic rings. The van der Waals surface area contributed by atoms with Gasteiger partial charge in [-0.3, -0.25) is 9.59 Å². The average molecular weight is 244 g/mol. The van der Waals surface area contributed by atoms with Gasteiger partial charge in [0.25, 0.3) is 5.91 Å². The van der Waals surface area contributed by atoms with Gasteiger partial charge in [0.15, 0.2) is 5.78 Å². The lowest BCUT2D eigenvalue weighted by molar-refractivity contribution is -0.119. The lowest BCUT2D eigenvalue weighted by Gasteiger charge is -2.23. The summed E-state index contributed by atoms with van der Waals surface area (Å²) in [6.45, 7) is 4.51. The van der Waals surface area contributed by atoms with Crippen LogP contribution in [0.25, 0.3) is 0 Å². The summed E-state index contributed by atoms with van der Waals surface area (Å²) in [5, 5.41) is 5.73. The van der Waals surface area contributed by atoms with E-state index in [2.05, 4.69) is 10.6 Å². The number of carbonyl (C=O) groups is 2. The highest BCUT2D eigenvalue weighted by Gasteiger charge is 2.19. The minimum Gasteiger partial charge on any atom is -0.378 e. The van der Waals surface area contributed by atoms with E-state index in [0.717, 1.165) is 5.56 Å². The van der Waals surface area contributed by atoms with Crippen molar-refractivity contribution in [3.8, 4) is 0 Å². The summed E-state index contributed by atoms with van der Waals surface area (Å²) in [5.41, 5.74) is 2.02. The monoisotopic (exact) mass is 244 g/mol. The summed E-state index contributed by atoms with van der Waals surface area (Å²) in [6, 6.07) is 7.37. The Labute approximate surface area is 106 Å². The highest BCUT2D eigenvalue weighted by molar-refractivity contribution is 6.09. The van der Waals surface area contributed by atoms with Gasteiger partial charge in [-0.1, -0.05) is 29.8 Å². The van der Waals surface area contributed by atoms with Crippen molar-refractivity contribution in [3.05, 3.63) is 47.2 Å². The largest absolute Gasteiger partial charge is 0.378 e. The van der Waals surface area contributed by atoms with E-state index < -0.39 is 0 Å². The Morgan fingerprint density at radius 2 is 2.00 bits per heavy atom. The molecule has 0 aromatic heterocycles. The van der Waals surface area contributed by atoms with Gasteiger partial charge in [-0.15, -0.1) is 0 Å². The predicted octanol–water partition coefficient (Wildman–Crippen LogP) is 1.17. The third-order valence-corrected chi connectivity index (χ3v) is 2.83. The second kappa shape index (κ2) is 5.04. The van der Waals surface area contributed by atoms with Gasteiger partial charge in [-0.05, 0) is 13.8 Å². The first-order valence-corrected chi connectivity index (χ1v) is 5.93. The number of carbonyl (C=O) groups excluding carboxylic acids is 2. The highest BCUT2D eigenvalue weighted by Crippen LogP contribution is 2.07. The Bertz CT molecular complexity index is 503. The number of nitrogens with one attached hydrogen (secondary N) is 2. The van der Waals surface area contributed by atoms with Crippen LogP contribution in [0.15, 0.2) is 36.0 Å². The summed E-state index contributed by atoms with van der Waals surface area (Å²) in [4.78, 5) is 23.6. The van der Waals surface area contributed by atoms with E-state index in [1.165, 1.54) is 6.08 Å².